The minimum absolute atomic E-state index is 0.449. The molecule has 17 heavy (non-hydrogen) atoms. The molecule has 2 saturated carbocycles. The van der Waals surface area contributed by atoms with Crippen LogP contribution in [0.4, 0.5) is 0 Å². The molecule has 2 aliphatic carbocycles. The van der Waals surface area contributed by atoms with Gasteiger partial charge in [0, 0.05) is 24.2 Å². The highest BCUT2D eigenvalue weighted by Crippen LogP contribution is 2.62. The molecule has 0 amide bonds. The zero-order chi connectivity index (χ0) is 12.1. The second-order valence-corrected chi connectivity index (χ2v) is 7.63. The molecule has 0 radical (unpaired) electrons. The molecule has 0 aromatic carbocycles. The lowest BCUT2D eigenvalue weighted by molar-refractivity contribution is 0.108. The lowest BCUT2D eigenvalue weighted by Crippen LogP contribution is -2.49. The lowest BCUT2D eigenvalue weighted by atomic mass is 9.68. The Labute approximate surface area is 108 Å². The zero-order valence-electron chi connectivity index (χ0n) is 11.0. The number of rotatable bonds is 3. The number of hydrogen-bond acceptors (Lipinski definition) is 3. The van der Waals surface area contributed by atoms with E-state index in [1.165, 1.54) is 24.3 Å². The van der Waals surface area contributed by atoms with Crippen LogP contribution in [0.2, 0.25) is 0 Å². The van der Waals surface area contributed by atoms with Gasteiger partial charge in [-0.25, -0.2) is 4.98 Å². The van der Waals surface area contributed by atoms with Gasteiger partial charge >= 0.3 is 0 Å². The van der Waals surface area contributed by atoms with Gasteiger partial charge in [0.2, 0.25) is 0 Å². The van der Waals surface area contributed by atoms with Gasteiger partial charge in [-0.3, -0.25) is 0 Å². The average Bonchev–Trinajstić information content (AvgIpc) is 2.90. The van der Waals surface area contributed by atoms with E-state index in [-0.39, 0.29) is 0 Å². The second kappa shape index (κ2) is 3.79. The van der Waals surface area contributed by atoms with Gasteiger partial charge in [-0.05, 0) is 36.0 Å². The molecule has 1 aromatic rings. The molecule has 3 heteroatoms. The molecule has 2 nitrogen and oxygen atoms in total. The summed E-state index contributed by atoms with van der Waals surface area (Å²) in [7, 11) is 0. The molecule has 94 valence electrons. The van der Waals surface area contributed by atoms with Crippen LogP contribution in [-0.4, -0.2) is 11.0 Å². The summed E-state index contributed by atoms with van der Waals surface area (Å²) >= 11 is 1.75. The molecule has 3 unspecified atom stereocenters. The SMILES string of the molecule is CC12CCC(C1)C(C)(C)C2NCc1nccs1. The van der Waals surface area contributed by atoms with Gasteiger partial charge < -0.3 is 5.32 Å². The van der Waals surface area contributed by atoms with Crippen LogP contribution in [0.1, 0.15) is 45.0 Å². The minimum Gasteiger partial charge on any atom is -0.307 e. The van der Waals surface area contributed by atoms with Crippen molar-refractivity contribution in [3.05, 3.63) is 16.6 Å². The first kappa shape index (κ1) is 11.7. The van der Waals surface area contributed by atoms with E-state index in [1.54, 1.807) is 11.3 Å². The number of fused-ring (bicyclic) bond motifs is 2. The third-order valence-electron chi connectivity index (χ3n) is 5.21. The van der Waals surface area contributed by atoms with E-state index in [1.807, 2.05) is 6.20 Å². The molecule has 0 saturated heterocycles. The van der Waals surface area contributed by atoms with Gasteiger partial charge in [0.05, 0.1) is 0 Å². The van der Waals surface area contributed by atoms with Crippen LogP contribution in [0, 0.1) is 16.7 Å². The van der Waals surface area contributed by atoms with E-state index in [2.05, 4.69) is 36.5 Å². The first-order chi connectivity index (χ1) is 8.02. The number of hydrogen-bond donors (Lipinski definition) is 1. The molecule has 2 aliphatic rings. The summed E-state index contributed by atoms with van der Waals surface area (Å²) in [6, 6.07) is 0.651. The van der Waals surface area contributed by atoms with Crippen LogP contribution in [0.5, 0.6) is 0 Å². The molecule has 3 atom stereocenters. The van der Waals surface area contributed by atoms with E-state index in [0.717, 1.165) is 12.5 Å². The van der Waals surface area contributed by atoms with Crippen molar-refractivity contribution >= 4 is 11.3 Å². The van der Waals surface area contributed by atoms with Crippen molar-refractivity contribution in [1.82, 2.24) is 10.3 Å². The monoisotopic (exact) mass is 250 g/mol. The van der Waals surface area contributed by atoms with Crippen molar-refractivity contribution in [1.29, 1.82) is 0 Å². The maximum Gasteiger partial charge on any atom is 0.106 e. The summed E-state index contributed by atoms with van der Waals surface area (Å²) in [4.78, 5) is 4.37. The van der Waals surface area contributed by atoms with Crippen molar-refractivity contribution in [2.24, 2.45) is 16.7 Å². The normalized spacial score (nSPS) is 38.8. The minimum atomic E-state index is 0.449. The Morgan fingerprint density at radius 2 is 2.29 bits per heavy atom. The van der Waals surface area contributed by atoms with Gasteiger partial charge in [-0.1, -0.05) is 20.8 Å². The molecule has 2 bridgehead atoms. The van der Waals surface area contributed by atoms with Crippen molar-refractivity contribution in [3.63, 3.8) is 0 Å². The predicted molar refractivity (Wildman–Crippen MR) is 72.0 cm³/mol. The molecule has 3 rings (SSSR count). The smallest absolute Gasteiger partial charge is 0.106 e. The van der Waals surface area contributed by atoms with Crippen LogP contribution in [0.25, 0.3) is 0 Å². The fraction of sp³-hybridized carbons (Fsp3) is 0.786. The summed E-state index contributed by atoms with van der Waals surface area (Å²) in [5.41, 5.74) is 0.968. The highest BCUT2D eigenvalue weighted by atomic mass is 32.1. The fourth-order valence-electron chi connectivity index (χ4n) is 4.34. The Kier molecular flexibility index (Phi) is 2.60. The third-order valence-corrected chi connectivity index (χ3v) is 5.99. The first-order valence-corrected chi connectivity index (χ1v) is 7.52. The molecule has 2 fully saturated rings. The van der Waals surface area contributed by atoms with E-state index >= 15 is 0 Å². The van der Waals surface area contributed by atoms with Crippen molar-refractivity contribution < 1.29 is 0 Å². The molecular weight excluding hydrogens is 228 g/mol. The van der Waals surface area contributed by atoms with Gasteiger partial charge in [0.1, 0.15) is 5.01 Å². The van der Waals surface area contributed by atoms with E-state index < -0.39 is 0 Å². The number of nitrogens with zero attached hydrogens (tertiary/aromatic N) is 1. The summed E-state index contributed by atoms with van der Waals surface area (Å²) in [6.07, 6.45) is 6.14. The van der Waals surface area contributed by atoms with Crippen LogP contribution in [0.3, 0.4) is 0 Å². The molecular formula is C14H22N2S. The van der Waals surface area contributed by atoms with Crippen molar-refractivity contribution in [3.8, 4) is 0 Å². The topological polar surface area (TPSA) is 24.9 Å². The third kappa shape index (κ3) is 1.75. The summed E-state index contributed by atoms with van der Waals surface area (Å²) in [6.45, 7) is 8.30. The van der Waals surface area contributed by atoms with Crippen LogP contribution < -0.4 is 5.32 Å². The highest BCUT2D eigenvalue weighted by Gasteiger charge is 2.58. The Hall–Kier alpha value is -0.410. The molecule has 0 aliphatic heterocycles. The van der Waals surface area contributed by atoms with Crippen LogP contribution >= 0.6 is 11.3 Å². The van der Waals surface area contributed by atoms with E-state index in [4.69, 9.17) is 0 Å². The predicted octanol–water partition coefficient (Wildman–Crippen LogP) is 3.45. The Morgan fingerprint density at radius 1 is 1.47 bits per heavy atom. The van der Waals surface area contributed by atoms with Crippen LogP contribution in [-0.2, 0) is 6.54 Å². The molecule has 1 N–H and O–H groups in total. The zero-order valence-corrected chi connectivity index (χ0v) is 11.8. The van der Waals surface area contributed by atoms with Crippen molar-refractivity contribution in [2.45, 2.75) is 52.6 Å². The van der Waals surface area contributed by atoms with E-state index in [0.29, 0.717) is 16.9 Å². The fourth-order valence-corrected chi connectivity index (χ4v) is 4.91. The van der Waals surface area contributed by atoms with Gasteiger partial charge in [0.15, 0.2) is 0 Å². The standard InChI is InChI=1S/C14H22N2S/c1-13(2)10-4-5-14(3,8-10)12(13)16-9-11-15-6-7-17-11/h6-7,10,12,16H,4-5,8-9H2,1-3H3. The van der Waals surface area contributed by atoms with Gasteiger partial charge in [0.25, 0.3) is 0 Å². The maximum absolute atomic E-state index is 4.37. The largest absolute Gasteiger partial charge is 0.307 e. The number of nitrogens with one attached hydrogen (secondary N) is 1. The Morgan fingerprint density at radius 3 is 2.88 bits per heavy atom. The summed E-state index contributed by atoms with van der Waals surface area (Å²) < 4.78 is 0. The lowest BCUT2D eigenvalue weighted by Gasteiger charge is -2.43. The maximum atomic E-state index is 4.37. The summed E-state index contributed by atoms with van der Waals surface area (Å²) in [5.74, 6) is 0.918. The molecule has 1 aromatic heterocycles. The second-order valence-electron chi connectivity index (χ2n) is 6.65. The van der Waals surface area contributed by atoms with Gasteiger partial charge in [-0.2, -0.15) is 0 Å². The quantitative estimate of drug-likeness (QED) is 0.889. The average molecular weight is 250 g/mol. The first-order valence-electron chi connectivity index (χ1n) is 6.64. The number of aromatic nitrogens is 1. The Bertz CT molecular complexity index is 394. The van der Waals surface area contributed by atoms with Crippen molar-refractivity contribution in [2.75, 3.05) is 0 Å². The van der Waals surface area contributed by atoms with E-state index in [9.17, 15) is 0 Å². The summed E-state index contributed by atoms with van der Waals surface area (Å²) in [5, 5.41) is 7.07. The van der Waals surface area contributed by atoms with Crippen LogP contribution in [0.15, 0.2) is 11.6 Å². The highest BCUT2D eigenvalue weighted by molar-refractivity contribution is 7.09. The number of thiazole rings is 1. The Balaban J connectivity index is 1.74. The van der Waals surface area contributed by atoms with Gasteiger partial charge in [-0.15, -0.1) is 11.3 Å². The molecule has 1 heterocycles. The molecule has 0 spiro atoms.